The van der Waals surface area contributed by atoms with E-state index in [0.717, 1.165) is 23.3 Å². The highest BCUT2D eigenvalue weighted by atomic mass is 35.5. The Balaban J connectivity index is 1.80. The number of carbonyl (C=O) groups is 1. The van der Waals surface area contributed by atoms with Crippen LogP contribution < -0.4 is 5.32 Å². The van der Waals surface area contributed by atoms with Crippen LogP contribution >= 0.6 is 22.9 Å². The van der Waals surface area contributed by atoms with Gasteiger partial charge in [-0.15, -0.1) is 11.3 Å². The quantitative estimate of drug-likeness (QED) is 0.833. The molecule has 2 aromatic rings. The minimum Gasteiger partial charge on any atom is -0.325 e. The largest absolute Gasteiger partial charge is 0.325 e. The fourth-order valence-corrected chi connectivity index (χ4v) is 6.20. The molecule has 0 spiro atoms. The molecule has 5 nitrogen and oxygen atoms in total. The number of anilines is 1. The first-order chi connectivity index (χ1) is 11.9. The van der Waals surface area contributed by atoms with Crippen molar-refractivity contribution in [2.45, 2.75) is 36.4 Å². The Kier molecular flexibility index (Phi) is 5.48. The van der Waals surface area contributed by atoms with E-state index in [1.54, 1.807) is 6.07 Å². The van der Waals surface area contributed by atoms with Crippen molar-refractivity contribution in [3.8, 4) is 0 Å². The summed E-state index contributed by atoms with van der Waals surface area (Å²) in [6, 6.07) is 9.93. The third-order valence-electron chi connectivity index (χ3n) is 4.22. The Morgan fingerprint density at radius 2 is 2.16 bits per heavy atom. The van der Waals surface area contributed by atoms with Crippen LogP contribution in [0.15, 0.2) is 40.6 Å². The molecule has 1 aliphatic rings. The highest BCUT2D eigenvalue weighted by molar-refractivity contribution is 7.91. The molecule has 1 fully saturated rings. The molecule has 1 atom stereocenters. The standard InChI is InChI=1S/C17H19ClN2O3S2/c1-2-12-5-3-6-13(11-12)19-17(21)14-7-4-10-20(14)25(22,23)16-9-8-15(18)24-16/h3,5-6,8-9,11,14H,2,4,7,10H2,1H3,(H,19,21)/t14-/m0/s1. The lowest BCUT2D eigenvalue weighted by Crippen LogP contribution is -2.42. The molecule has 2 heterocycles. The lowest BCUT2D eigenvalue weighted by Gasteiger charge is -2.22. The zero-order valence-corrected chi connectivity index (χ0v) is 16.1. The normalized spacial score (nSPS) is 18.4. The first-order valence-corrected chi connectivity index (χ1v) is 10.7. The average molecular weight is 399 g/mol. The zero-order chi connectivity index (χ0) is 18.0. The van der Waals surface area contributed by atoms with Gasteiger partial charge in [-0.25, -0.2) is 8.42 Å². The van der Waals surface area contributed by atoms with Crippen LogP contribution in [0.2, 0.25) is 4.34 Å². The summed E-state index contributed by atoms with van der Waals surface area (Å²) in [7, 11) is -3.71. The smallest absolute Gasteiger partial charge is 0.253 e. The van der Waals surface area contributed by atoms with Crippen molar-refractivity contribution in [3.63, 3.8) is 0 Å². The third-order valence-corrected chi connectivity index (χ3v) is 7.83. The van der Waals surface area contributed by atoms with Crippen molar-refractivity contribution in [2.75, 3.05) is 11.9 Å². The minimum atomic E-state index is -3.71. The fourth-order valence-electron chi connectivity index (χ4n) is 2.94. The molecule has 8 heteroatoms. The maximum atomic E-state index is 12.8. The van der Waals surface area contributed by atoms with Gasteiger partial charge in [0.15, 0.2) is 0 Å². The molecule has 1 saturated heterocycles. The van der Waals surface area contributed by atoms with Crippen LogP contribution in [0.3, 0.4) is 0 Å². The second-order valence-electron chi connectivity index (χ2n) is 5.88. The second kappa shape index (κ2) is 7.45. The van der Waals surface area contributed by atoms with Crippen molar-refractivity contribution in [3.05, 3.63) is 46.3 Å². The number of rotatable bonds is 5. The molecular weight excluding hydrogens is 380 g/mol. The van der Waals surface area contributed by atoms with Gasteiger partial charge in [0, 0.05) is 12.2 Å². The van der Waals surface area contributed by atoms with E-state index >= 15 is 0 Å². The lowest BCUT2D eigenvalue weighted by atomic mass is 10.1. The number of aryl methyl sites for hydroxylation is 1. The summed E-state index contributed by atoms with van der Waals surface area (Å²) in [4.78, 5) is 12.7. The SMILES string of the molecule is CCc1cccc(NC(=O)[C@@H]2CCCN2S(=O)(=O)c2ccc(Cl)s2)c1. The van der Waals surface area contributed by atoms with Crippen molar-refractivity contribution < 1.29 is 13.2 Å². The van der Waals surface area contributed by atoms with Crippen molar-refractivity contribution >= 4 is 44.6 Å². The monoisotopic (exact) mass is 398 g/mol. The first-order valence-electron chi connectivity index (χ1n) is 8.09. The van der Waals surface area contributed by atoms with Gasteiger partial charge in [-0.1, -0.05) is 30.7 Å². The maximum absolute atomic E-state index is 12.8. The predicted molar refractivity (Wildman–Crippen MR) is 101 cm³/mol. The van der Waals surface area contributed by atoms with Gasteiger partial charge in [-0.2, -0.15) is 4.31 Å². The van der Waals surface area contributed by atoms with Crippen LogP contribution in [0.5, 0.6) is 0 Å². The zero-order valence-electron chi connectivity index (χ0n) is 13.7. The topological polar surface area (TPSA) is 66.5 Å². The maximum Gasteiger partial charge on any atom is 0.253 e. The van der Waals surface area contributed by atoms with Crippen LogP contribution in [0.4, 0.5) is 5.69 Å². The fraction of sp³-hybridized carbons (Fsp3) is 0.353. The Labute approximate surface area is 156 Å². The molecule has 3 rings (SSSR count). The number of nitrogens with one attached hydrogen (secondary N) is 1. The lowest BCUT2D eigenvalue weighted by molar-refractivity contribution is -0.119. The van der Waals surface area contributed by atoms with Gasteiger partial charge in [0.1, 0.15) is 10.3 Å². The number of thiophene rings is 1. The van der Waals surface area contributed by atoms with Gasteiger partial charge >= 0.3 is 0 Å². The van der Waals surface area contributed by atoms with Gasteiger partial charge in [0.25, 0.3) is 10.0 Å². The third kappa shape index (κ3) is 3.89. The molecule has 0 unspecified atom stereocenters. The number of sulfonamides is 1. The van der Waals surface area contributed by atoms with Crippen LogP contribution in [0, 0.1) is 0 Å². The van der Waals surface area contributed by atoms with Gasteiger partial charge in [-0.05, 0) is 49.1 Å². The Morgan fingerprint density at radius 3 is 2.84 bits per heavy atom. The first kappa shape index (κ1) is 18.4. The number of benzene rings is 1. The van der Waals surface area contributed by atoms with Gasteiger partial charge in [0.2, 0.25) is 5.91 Å². The number of hydrogen-bond acceptors (Lipinski definition) is 4. The van der Waals surface area contributed by atoms with Crippen molar-refractivity contribution in [1.82, 2.24) is 4.31 Å². The van der Waals surface area contributed by atoms with Gasteiger partial charge in [-0.3, -0.25) is 4.79 Å². The summed E-state index contributed by atoms with van der Waals surface area (Å²) >= 11 is 6.87. The number of hydrogen-bond donors (Lipinski definition) is 1. The van der Waals surface area contributed by atoms with Crippen molar-refractivity contribution in [2.24, 2.45) is 0 Å². The van der Waals surface area contributed by atoms with Crippen LogP contribution in [0.1, 0.15) is 25.3 Å². The minimum absolute atomic E-state index is 0.171. The van der Waals surface area contributed by atoms with Crippen LogP contribution in [-0.2, 0) is 21.2 Å². The molecule has 0 aliphatic carbocycles. The summed E-state index contributed by atoms with van der Waals surface area (Å²) in [5, 5.41) is 2.85. The number of carbonyl (C=O) groups excluding carboxylic acids is 1. The molecule has 1 aliphatic heterocycles. The molecule has 25 heavy (non-hydrogen) atoms. The predicted octanol–water partition coefficient (Wildman–Crippen LogP) is 3.76. The van der Waals surface area contributed by atoms with E-state index in [0.29, 0.717) is 29.4 Å². The van der Waals surface area contributed by atoms with Crippen LogP contribution in [0.25, 0.3) is 0 Å². The Hall–Kier alpha value is -1.41. The van der Waals surface area contributed by atoms with Gasteiger partial charge in [0.05, 0.1) is 4.34 Å². The molecule has 0 saturated carbocycles. The van der Waals surface area contributed by atoms with E-state index in [9.17, 15) is 13.2 Å². The van der Waals surface area contributed by atoms with Crippen LogP contribution in [-0.4, -0.2) is 31.2 Å². The highest BCUT2D eigenvalue weighted by Crippen LogP contribution is 2.32. The number of halogens is 1. The van der Waals surface area contributed by atoms with Crippen molar-refractivity contribution in [1.29, 1.82) is 0 Å². The molecular formula is C17H19ClN2O3S2. The van der Waals surface area contributed by atoms with E-state index in [2.05, 4.69) is 5.32 Å². The summed E-state index contributed by atoms with van der Waals surface area (Å²) in [6.07, 6.45) is 2.04. The molecule has 1 aromatic carbocycles. The molecule has 1 amide bonds. The molecule has 1 aromatic heterocycles. The van der Waals surface area contributed by atoms with E-state index in [4.69, 9.17) is 11.6 Å². The summed E-state index contributed by atoms with van der Waals surface area (Å²) in [6.45, 7) is 2.38. The number of amides is 1. The number of nitrogens with zero attached hydrogens (tertiary/aromatic N) is 1. The second-order valence-corrected chi connectivity index (χ2v) is 9.71. The highest BCUT2D eigenvalue weighted by Gasteiger charge is 2.40. The van der Waals surface area contributed by atoms with E-state index in [1.165, 1.54) is 10.4 Å². The molecule has 134 valence electrons. The molecule has 0 bridgehead atoms. The molecule has 0 radical (unpaired) electrons. The molecule has 1 N–H and O–H groups in total. The summed E-state index contributed by atoms with van der Waals surface area (Å²) in [5.74, 6) is -0.294. The summed E-state index contributed by atoms with van der Waals surface area (Å²) in [5.41, 5.74) is 1.80. The van der Waals surface area contributed by atoms with Gasteiger partial charge < -0.3 is 5.32 Å². The average Bonchev–Trinajstić information content (AvgIpc) is 3.24. The van der Waals surface area contributed by atoms with E-state index < -0.39 is 16.1 Å². The van der Waals surface area contributed by atoms with E-state index in [1.807, 2.05) is 31.2 Å². The Bertz CT molecular complexity index is 880. The summed E-state index contributed by atoms with van der Waals surface area (Å²) < 4.78 is 27.5. The Morgan fingerprint density at radius 1 is 1.36 bits per heavy atom. The van der Waals surface area contributed by atoms with E-state index in [-0.39, 0.29) is 10.1 Å².